The summed E-state index contributed by atoms with van der Waals surface area (Å²) in [6.45, 7) is 0.931. The minimum atomic E-state index is -3.16. The molecule has 0 saturated carbocycles. The van der Waals surface area contributed by atoms with Crippen molar-refractivity contribution in [1.29, 1.82) is 0 Å². The van der Waals surface area contributed by atoms with E-state index in [9.17, 15) is 8.42 Å². The van der Waals surface area contributed by atoms with Gasteiger partial charge in [-0.2, -0.15) is 0 Å². The van der Waals surface area contributed by atoms with Crippen molar-refractivity contribution < 1.29 is 8.42 Å². The van der Waals surface area contributed by atoms with Crippen molar-refractivity contribution in [2.45, 2.75) is 30.2 Å². The summed E-state index contributed by atoms with van der Waals surface area (Å²) in [5.74, 6) is 0.203. The van der Waals surface area contributed by atoms with Crippen molar-refractivity contribution in [2.24, 2.45) is 0 Å². The van der Waals surface area contributed by atoms with Crippen molar-refractivity contribution in [3.63, 3.8) is 0 Å². The Hall–Kier alpha value is -0.390. The molecule has 1 N–H and O–H groups in total. The molecule has 0 unspecified atom stereocenters. The van der Waals surface area contributed by atoms with Crippen LogP contribution in [0.3, 0.4) is 0 Å². The summed E-state index contributed by atoms with van der Waals surface area (Å²) >= 11 is 3.30. The number of rotatable bonds is 3. The average molecular weight is 318 g/mol. The Morgan fingerprint density at radius 2 is 1.94 bits per heavy atom. The zero-order chi connectivity index (χ0) is 12.3. The summed E-state index contributed by atoms with van der Waals surface area (Å²) in [7, 11) is -3.16. The molecule has 0 spiro atoms. The molecular weight excluding hydrogens is 302 g/mol. The molecule has 17 heavy (non-hydrogen) atoms. The van der Waals surface area contributed by atoms with Gasteiger partial charge in [-0.05, 0) is 43.7 Å². The molecule has 94 valence electrons. The fourth-order valence-corrected chi connectivity index (χ4v) is 3.89. The molecule has 1 heterocycles. The number of halogens is 1. The van der Waals surface area contributed by atoms with Gasteiger partial charge in [0.1, 0.15) is 0 Å². The maximum Gasteiger partial charge on any atom is 0.179 e. The standard InChI is InChI=1S/C12H16BrNO2S/c13-10-4-6-12(7-5-10)17(15,16)9-11-3-1-2-8-14-11/h4-7,11,14H,1-3,8-9H2/t11-/m0/s1. The molecule has 3 nitrogen and oxygen atoms in total. The van der Waals surface area contributed by atoms with Gasteiger partial charge in [0.25, 0.3) is 0 Å². The minimum absolute atomic E-state index is 0.109. The van der Waals surface area contributed by atoms with Crippen molar-refractivity contribution in [3.05, 3.63) is 28.7 Å². The lowest BCUT2D eigenvalue weighted by Gasteiger charge is -2.23. The monoisotopic (exact) mass is 317 g/mol. The van der Waals surface area contributed by atoms with E-state index < -0.39 is 9.84 Å². The Kier molecular flexibility index (Phi) is 4.22. The largest absolute Gasteiger partial charge is 0.313 e. The number of sulfone groups is 1. The molecule has 0 bridgehead atoms. The van der Waals surface area contributed by atoms with Crippen LogP contribution >= 0.6 is 15.9 Å². The van der Waals surface area contributed by atoms with Crippen LogP contribution in [-0.4, -0.2) is 26.8 Å². The van der Waals surface area contributed by atoms with Gasteiger partial charge in [0.05, 0.1) is 10.6 Å². The van der Waals surface area contributed by atoms with Crippen LogP contribution in [0.25, 0.3) is 0 Å². The fourth-order valence-electron chi connectivity index (χ4n) is 2.07. The van der Waals surface area contributed by atoms with Crippen LogP contribution in [0.1, 0.15) is 19.3 Å². The number of hydrogen-bond donors (Lipinski definition) is 1. The third-order valence-corrected chi connectivity index (χ3v) is 5.37. The van der Waals surface area contributed by atoms with Crippen molar-refractivity contribution >= 4 is 25.8 Å². The van der Waals surface area contributed by atoms with Gasteiger partial charge < -0.3 is 5.32 Å². The van der Waals surface area contributed by atoms with E-state index in [4.69, 9.17) is 0 Å². The average Bonchev–Trinajstić information content (AvgIpc) is 2.30. The van der Waals surface area contributed by atoms with E-state index in [0.717, 1.165) is 30.3 Å². The summed E-state index contributed by atoms with van der Waals surface area (Å²) in [4.78, 5) is 0.410. The van der Waals surface area contributed by atoms with E-state index >= 15 is 0 Å². The van der Waals surface area contributed by atoms with E-state index in [-0.39, 0.29) is 11.8 Å². The van der Waals surface area contributed by atoms with Crippen molar-refractivity contribution in [1.82, 2.24) is 5.32 Å². The smallest absolute Gasteiger partial charge is 0.179 e. The number of hydrogen-bond acceptors (Lipinski definition) is 3. The third kappa shape index (κ3) is 3.53. The summed E-state index contributed by atoms with van der Waals surface area (Å²) in [6.07, 6.45) is 3.22. The molecule has 0 radical (unpaired) electrons. The maximum absolute atomic E-state index is 12.2. The first-order chi connectivity index (χ1) is 8.08. The first kappa shape index (κ1) is 13.1. The molecular formula is C12H16BrNO2S. The highest BCUT2D eigenvalue weighted by atomic mass is 79.9. The number of piperidine rings is 1. The Balaban J connectivity index is 2.10. The van der Waals surface area contributed by atoms with Gasteiger partial charge in [0.15, 0.2) is 9.84 Å². The number of nitrogens with one attached hydrogen (secondary N) is 1. The minimum Gasteiger partial charge on any atom is -0.313 e. The van der Waals surface area contributed by atoms with Crippen molar-refractivity contribution in [2.75, 3.05) is 12.3 Å². The summed E-state index contributed by atoms with van der Waals surface area (Å²) in [6, 6.07) is 6.95. The summed E-state index contributed by atoms with van der Waals surface area (Å²) in [5, 5.41) is 3.27. The normalized spacial score (nSPS) is 21.4. The molecule has 0 aliphatic carbocycles. The second kappa shape index (κ2) is 5.50. The lowest BCUT2D eigenvalue weighted by molar-refractivity contribution is 0.423. The quantitative estimate of drug-likeness (QED) is 0.931. The van der Waals surface area contributed by atoms with E-state index in [2.05, 4.69) is 21.2 Å². The molecule has 1 aromatic carbocycles. The summed E-state index contributed by atoms with van der Waals surface area (Å²) < 4.78 is 25.2. The van der Waals surface area contributed by atoms with Crippen LogP contribution in [-0.2, 0) is 9.84 Å². The molecule has 0 amide bonds. The number of benzene rings is 1. The molecule has 0 aromatic heterocycles. The zero-order valence-corrected chi connectivity index (χ0v) is 11.9. The van der Waals surface area contributed by atoms with Crippen LogP contribution < -0.4 is 5.32 Å². The van der Waals surface area contributed by atoms with E-state index in [1.165, 1.54) is 0 Å². The van der Waals surface area contributed by atoms with Crippen LogP contribution in [0.5, 0.6) is 0 Å². The van der Waals surface area contributed by atoms with Gasteiger partial charge in [-0.1, -0.05) is 22.4 Å². The van der Waals surface area contributed by atoms with Crippen LogP contribution in [0.2, 0.25) is 0 Å². The molecule has 1 aliphatic rings. The Labute approximate surface area is 111 Å². The second-order valence-electron chi connectivity index (χ2n) is 4.38. The van der Waals surface area contributed by atoms with E-state index in [0.29, 0.717) is 4.90 Å². The lowest BCUT2D eigenvalue weighted by atomic mass is 10.1. The molecule has 1 fully saturated rings. The Morgan fingerprint density at radius 1 is 1.24 bits per heavy atom. The van der Waals surface area contributed by atoms with Gasteiger partial charge in [0.2, 0.25) is 0 Å². The van der Waals surface area contributed by atoms with Crippen LogP contribution in [0.4, 0.5) is 0 Å². The van der Waals surface area contributed by atoms with Crippen LogP contribution in [0.15, 0.2) is 33.6 Å². The molecule has 1 aliphatic heterocycles. The molecule has 1 saturated heterocycles. The van der Waals surface area contributed by atoms with Gasteiger partial charge in [-0.3, -0.25) is 0 Å². The van der Waals surface area contributed by atoms with E-state index in [1.54, 1.807) is 24.3 Å². The highest BCUT2D eigenvalue weighted by Gasteiger charge is 2.22. The molecule has 1 aromatic rings. The van der Waals surface area contributed by atoms with Crippen molar-refractivity contribution in [3.8, 4) is 0 Å². The first-order valence-corrected chi connectivity index (χ1v) is 8.24. The van der Waals surface area contributed by atoms with E-state index in [1.807, 2.05) is 0 Å². The summed E-state index contributed by atoms with van der Waals surface area (Å²) in [5.41, 5.74) is 0. The third-order valence-electron chi connectivity index (χ3n) is 3.01. The predicted octanol–water partition coefficient (Wildman–Crippen LogP) is 2.36. The highest BCUT2D eigenvalue weighted by Crippen LogP contribution is 2.18. The zero-order valence-electron chi connectivity index (χ0n) is 9.52. The molecule has 1 atom stereocenters. The van der Waals surface area contributed by atoms with Gasteiger partial charge in [0, 0.05) is 10.5 Å². The predicted molar refractivity (Wildman–Crippen MR) is 71.8 cm³/mol. The maximum atomic E-state index is 12.2. The Bertz CT molecular complexity index is 464. The first-order valence-electron chi connectivity index (χ1n) is 5.80. The SMILES string of the molecule is O=S(=O)(C[C@@H]1CCCCN1)c1ccc(Br)cc1. The van der Waals surface area contributed by atoms with Crippen LogP contribution in [0, 0.1) is 0 Å². The van der Waals surface area contributed by atoms with Gasteiger partial charge >= 0.3 is 0 Å². The lowest BCUT2D eigenvalue weighted by Crippen LogP contribution is -2.39. The highest BCUT2D eigenvalue weighted by molar-refractivity contribution is 9.10. The van der Waals surface area contributed by atoms with Gasteiger partial charge in [-0.15, -0.1) is 0 Å². The second-order valence-corrected chi connectivity index (χ2v) is 7.33. The fraction of sp³-hybridized carbons (Fsp3) is 0.500. The molecule has 5 heteroatoms. The topological polar surface area (TPSA) is 46.2 Å². The Morgan fingerprint density at radius 3 is 2.53 bits per heavy atom. The van der Waals surface area contributed by atoms with Gasteiger partial charge in [-0.25, -0.2) is 8.42 Å². The molecule has 2 rings (SSSR count).